The molecule has 0 radical (unpaired) electrons. The first-order chi connectivity index (χ1) is 10.1. The summed E-state index contributed by atoms with van der Waals surface area (Å²) in [6.45, 7) is 6.57. The highest BCUT2D eigenvalue weighted by Gasteiger charge is 2.26. The molecule has 0 saturated heterocycles. The maximum Gasteiger partial charge on any atom is 0.141 e. The van der Waals surface area contributed by atoms with Crippen LogP contribution in [0, 0.1) is 11.8 Å². The molecule has 1 atom stereocenters. The number of hydrogen-bond acceptors (Lipinski definition) is 2. The topological polar surface area (TPSA) is 34.9 Å². The zero-order valence-electron chi connectivity index (χ0n) is 13.8. The van der Waals surface area contributed by atoms with Crippen molar-refractivity contribution in [2.75, 3.05) is 0 Å². The highest BCUT2D eigenvalue weighted by molar-refractivity contribution is 5.82. The van der Waals surface area contributed by atoms with Crippen molar-refractivity contribution in [3.05, 3.63) is 18.0 Å². The first-order valence-corrected chi connectivity index (χ1v) is 8.70. The fourth-order valence-corrected chi connectivity index (χ4v) is 3.41. The molecule has 21 heavy (non-hydrogen) atoms. The summed E-state index contributed by atoms with van der Waals surface area (Å²) >= 11 is 0. The summed E-state index contributed by atoms with van der Waals surface area (Å²) in [6, 6.07) is 2.42. The minimum atomic E-state index is 0.284. The lowest BCUT2D eigenvalue weighted by molar-refractivity contribution is -0.123. The number of carbonyl (C=O) groups excluding carboxylic acids is 1. The molecule has 1 saturated carbocycles. The minimum absolute atomic E-state index is 0.284. The van der Waals surface area contributed by atoms with Crippen LogP contribution in [0.3, 0.4) is 0 Å². The van der Waals surface area contributed by atoms with Crippen molar-refractivity contribution < 1.29 is 4.79 Å². The molecule has 1 aliphatic rings. The van der Waals surface area contributed by atoms with Gasteiger partial charge >= 0.3 is 0 Å². The SMILES string of the molecule is CCCC1CCC(C(=O)Cc2ccn(C(C)CC)n2)CC1. The van der Waals surface area contributed by atoms with Gasteiger partial charge in [-0.3, -0.25) is 9.48 Å². The summed E-state index contributed by atoms with van der Waals surface area (Å²) in [4.78, 5) is 12.4. The standard InChI is InChI=1S/C18H30N2O/c1-4-6-15-7-9-16(10-8-15)18(21)13-17-11-12-20(19-17)14(3)5-2/h11-12,14-16H,4-10,13H2,1-3H3. The number of ketones is 1. The Bertz CT molecular complexity index is 444. The Labute approximate surface area is 129 Å². The van der Waals surface area contributed by atoms with Crippen LogP contribution in [0.2, 0.25) is 0 Å². The van der Waals surface area contributed by atoms with Gasteiger partial charge in [0.05, 0.1) is 12.1 Å². The number of nitrogens with zero attached hydrogens (tertiary/aromatic N) is 2. The first kappa shape index (κ1) is 16.3. The van der Waals surface area contributed by atoms with Gasteiger partial charge in [-0.25, -0.2) is 0 Å². The van der Waals surface area contributed by atoms with Crippen molar-refractivity contribution in [1.29, 1.82) is 0 Å². The Morgan fingerprint density at radius 1 is 1.33 bits per heavy atom. The van der Waals surface area contributed by atoms with Crippen LogP contribution >= 0.6 is 0 Å². The van der Waals surface area contributed by atoms with Gasteiger partial charge in [-0.05, 0) is 51.0 Å². The van der Waals surface area contributed by atoms with Crippen LogP contribution in [0.5, 0.6) is 0 Å². The van der Waals surface area contributed by atoms with E-state index < -0.39 is 0 Å². The summed E-state index contributed by atoms with van der Waals surface area (Å²) in [5.74, 6) is 1.55. The molecule has 0 spiro atoms. The number of Topliss-reactive ketones (excluding diaryl/α,β-unsaturated/α-hetero) is 1. The second-order valence-electron chi connectivity index (χ2n) is 6.69. The molecular weight excluding hydrogens is 260 g/mol. The summed E-state index contributed by atoms with van der Waals surface area (Å²) in [5.41, 5.74) is 0.941. The molecule has 1 fully saturated rings. The number of hydrogen-bond donors (Lipinski definition) is 0. The fourth-order valence-electron chi connectivity index (χ4n) is 3.41. The molecule has 3 heteroatoms. The molecule has 1 aliphatic carbocycles. The Morgan fingerprint density at radius 2 is 2.05 bits per heavy atom. The summed E-state index contributed by atoms with van der Waals surface area (Å²) < 4.78 is 1.99. The molecule has 0 bridgehead atoms. The van der Waals surface area contributed by atoms with Gasteiger partial charge in [0.2, 0.25) is 0 Å². The van der Waals surface area contributed by atoms with Crippen LogP contribution in [-0.4, -0.2) is 15.6 Å². The third-order valence-electron chi connectivity index (χ3n) is 5.06. The largest absolute Gasteiger partial charge is 0.299 e. The van der Waals surface area contributed by atoms with Crippen LogP contribution < -0.4 is 0 Å². The van der Waals surface area contributed by atoms with Crippen LogP contribution in [0.25, 0.3) is 0 Å². The molecule has 0 amide bonds. The molecule has 1 unspecified atom stereocenters. The van der Waals surface area contributed by atoms with Crippen molar-refractivity contribution >= 4 is 5.78 Å². The van der Waals surface area contributed by atoms with Gasteiger partial charge in [0, 0.05) is 18.2 Å². The maximum absolute atomic E-state index is 12.4. The molecule has 3 nitrogen and oxygen atoms in total. The molecule has 2 rings (SSSR count). The fraction of sp³-hybridized carbons (Fsp3) is 0.778. The third kappa shape index (κ3) is 4.42. The summed E-state index contributed by atoms with van der Waals surface area (Å²) in [5, 5.41) is 4.56. The number of rotatable bonds is 7. The van der Waals surface area contributed by atoms with Crippen molar-refractivity contribution in [2.24, 2.45) is 11.8 Å². The van der Waals surface area contributed by atoms with E-state index in [0.29, 0.717) is 18.2 Å². The quantitative estimate of drug-likeness (QED) is 0.737. The van der Waals surface area contributed by atoms with E-state index in [1.807, 2.05) is 16.9 Å². The molecular formula is C18H30N2O. The molecule has 118 valence electrons. The summed E-state index contributed by atoms with van der Waals surface area (Å²) in [6.07, 6.45) is 10.9. The second-order valence-corrected chi connectivity index (χ2v) is 6.69. The lowest BCUT2D eigenvalue weighted by Crippen LogP contribution is -2.23. The Morgan fingerprint density at radius 3 is 2.67 bits per heavy atom. The van der Waals surface area contributed by atoms with E-state index in [1.54, 1.807) is 0 Å². The van der Waals surface area contributed by atoms with Gasteiger partial charge in [-0.2, -0.15) is 5.10 Å². The Hall–Kier alpha value is -1.12. The average molecular weight is 290 g/mol. The molecule has 1 aromatic heterocycles. The minimum Gasteiger partial charge on any atom is -0.299 e. The molecule has 0 N–H and O–H groups in total. The normalized spacial score (nSPS) is 24.0. The number of aromatic nitrogens is 2. The van der Waals surface area contributed by atoms with Crippen LogP contribution in [0.1, 0.15) is 77.5 Å². The highest BCUT2D eigenvalue weighted by atomic mass is 16.1. The van der Waals surface area contributed by atoms with Gasteiger partial charge in [0.25, 0.3) is 0 Å². The summed E-state index contributed by atoms with van der Waals surface area (Å²) in [7, 11) is 0. The van der Waals surface area contributed by atoms with Crippen LogP contribution in [-0.2, 0) is 11.2 Å². The van der Waals surface area contributed by atoms with E-state index in [9.17, 15) is 4.79 Å². The van der Waals surface area contributed by atoms with E-state index >= 15 is 0 Å². The average Bonchev–Trinajstić information content (AvgIpc) is 2.96. The second kappa shape index (κ2) is 7.77. The predicted octanol–water partition coefficient (Wildman–Crippen LogP) is 4.57. The van der Waals surface area contributed by atoms with Gasteiger partial charge in [-0.15, -0.1) is 0 Å². The molecule has 1 heterocycles. The van der Waals surface area contributed by atoms with Gasteiger partial charge in [0.1, 0.15) is 5.78 Å². The Kier molecular flexibility index (Phi) is 6.01. The van der Waals surface area contributed by atoms with E-state index in [0.717, 1.165) is 30.9 Å². The van der Waals surface area contributed by atoms with E-state index in [1.165, 1.54) is 25.7 Å². The van der Waals surface area contributed by atoms with Crippen LogP contribution in [0.4, 0.5) is 0 Å². The van der Waals surface area contributed by atoms with Crippen molar-refractivity contribution in [3.63, 3.8) is 0 Å². The Balaban J connectivity index is 1.83. The highest BCUT2D eigenvalue weighted by Crippen LogP contribution is 2.32. The molecule has 0 aliphatic heterocycles. The van der Waals surface area contributed by atoms with E-state index in [4.69, 9.17) is 0 Å². The van der Waals surface area contributed by atoms with Crippen LogP contribution in [0.15, 0.2) is 12.3 Å². The molecule has 1 aromatic rings. The van der Waals surface area contributed by atoms with E-state index in [-0.39, 0.29) is 5.92 Å². The lowest BCUT2D eigenvalue weighted by atomic mass is 9.78. The maximum atomic E-state index is 12.4. The zero-order valence-corrected chi connectivity index (χ0v) is 13.8. The third-order valence-corrected chi connectivity index (χ3v) is 5.06. The molecule has 0 aromatic carbocycles. The van der Waals surface area contributed by atoms with Crippen molar-refractivity contribution in [2.45, 2.75) is 78.2 Å². The van der Waals surface area contributed by atoms with Crippen molar-refractivity contribution in [1.82, 2.24) is 9.78 Å². The van der Waals surface area contributed by atoms with Gasteiger partial charge in [-0.1, -0.05) is 26.7 Å². The van der Waals surface area contributed by atoms with E-state index in [2.05, 4.69) is 25.9 Å². The first-order valence-electron chi connectivity index (χ1n) is 8.70. The zero-order chi connectivity index (χ0) is 15.2. The lowest BCUT2D eigenvalue weighted by Gasteiger charge is -2.27. The van der Waals surface area contributed by atoms with Gasteiger partial charge < -0.3 is 0 Å². The van der Waals surface area contributed by atoms with Gasteiger partial charge in [0.15, 0.2) is 0 Å². The predicted molar refractivity (Wildman–Crippen MR) is 86.3 cm³/mol. The van der Waals surface area contributed by atoms with Crippen molar-refractivity contribution in [3.8, 4) is 0 Å². The monoisotopic (exact) mass is 290 g/mol. The number of carbonyl (C=O) groups is 1. The smallest absolute Gasteiger partial charge is 0.141 e.